The highest BCUT2D eigenvalue weighted by molar-refractivity contribution is 5.83. The number of anilines is 1. The standard InChI is InChI=1S/C27H19N3O5/c28-13-22-26(29-14-17-5-9-23-25(11-17)33-16-32-23)35-27(30-22)24-10-8-21(34-24)15-31-20-7-6-18-3-1-2-4-19(18)12-20/h1-12,29H,14-16H2. The van der Waals surface area contributed by atoms with Gasteiger partial charge in [-0.1, -0.05) is 36.4 Å². The van der Waals surface area contributed by atoms with Crippen molar-refractivity contribution in [1.29, 1.82) is 5.26 Å². The molecule has 1 aliphatic rings. The van der Waals surface area contributed by atoms with Gasteiger partial charge in [-0.15, -0.1) is 0 Å². The van der Waals surface area contributed by atoms with Crippen molar-refractivity contribution in [2.75, 3.05) is 12.1 Å². The molecular weight excluding hydrogens is 446 g/mol. The fourth-order valence-electron chi connectivity index (χ4n) is 3.84. The molecule has 0 unspecified atom stereocenters. The van der Waals surface area contributed by atoms with Gasteiger partial charge in [0.1, 0.15) is 24.2 Å². The number of benzene rings is 3. The Morgan fingerprint density at radius 2 is 1.80 bits per heavy atom. The highest BCUT2D eigenvalue weighted by Crippen LogP contribution is 2.33. The van der Waals surface area contributed by atoms with E-state index in [9.17, 15) is 5.26 Å². The van der Waals surface area contributed by atoms with E-state index in [1.165, 1.54) is 0 Å². The smallest absolute Gasteiger partial charge is 0.266 e. The number of fused-ring (bicyclic) bond motifs is 2. The molecule has 1 aliphatic heterocycles. The van der Waals surface area contributed by atoms with E-state index in [2.05, 4.69) is 22.4 Å². The van der Waals surface area contributed by atoms with Gasteiger partial charge in [-0.05, 0) is 52.7 Å². The van der Waals surface area contributed by atoms with E-state index >= 15 is 0 Å². The molecule has 0 saturated heterocycles. The van der Waals surface area contributed by atoms with Crippen LogP contribution in [0.4, 0.5) is 5.88 Å². The molecule has 3 aromatic carbocycles. The second kappa shape index (κ2) is 8.80. The predicted molar refractivity (Wildman–Crippen MR) is 127 cm³/mol. The Balaban J connectivity index is 1.13. The maximum atomic E-state index is 9.49. The van der Waals surface area contributed by atoms with E-state index in [4.69, 9.17) is 23.0 Å². The van der Waals surface area contributed by atoms with Crippen LogP contribution in [0.1, 0.15) is 17.0 Å². The van der Waals surface area contributed by atoms with Crippen molar-refractivity contribution >= 4 is 16.7 Å². The van der Waals surface area contributed by atoms with Crippen molar-refractivity contribution in [3.8, 4) is 35.0 Å². The highest BCUT2D eigenvalue weighted by Gasteiger charge is 2.18. The van der Waals surface area contributed by atoms with E-state index in [1.807, 2.05) is 54.6 Å². The van der Waals surface area contributed by atoms with E-state index in [1.54, 1.807) is 12.1 Å². The quantitative estimate of drug-likeness (QED) is 0.318. The minimum absolute atomic E-state index is 0.145. The molecule has 1 N–H and O–H groups in total. The number of nitrogens with zero attached hydrogens (tertiary/aromatic N) is 2. The first-order chi connectivity index (χ1) is 17.2. The van der Waals surface area contributed by atoms with Crippen LogP contribution >= 0.6 is 0 Å². The van der Waals surface area contributed by atoms with Crippen LogP contribution in [0.3, 0.4) is 0 Å². The van der Waals surface area contributed by atoms with Crippen LogP contribution in [0.25, 0.3) is 22.4 Å². The maximum Gasteiger partial charge on any atom is 0.266 e. The maximum absolute atomic E-state index is 9.49. The number of oxazole rings is 1. The zero-order chi connectivity index (χ0) is 23.6. The Morgan fingerprint density at radius 1 is 0.914 bits per heavy atom. The predicted octanol–water partition coefficient (Wildman–Crippen LogP) is 5.88. The lowest BCUT2D eigenvalue weighted by molar-refractivity contribution is 0.174. The summed E-state index contributed by atoms with van der Waals surface area (Å²) in [4.78, 5) is 4.27. The molecule has 35 heavy (non-hydrogen) atoms. The molecule has 0 amide bonds. The number of hydrogen-bond donors (Lipinski definition) is 1. The van der Waals surface area contributed by atoms with Gasteiger partial charge < -0.3 is 28.4 Å². The van der Waals surface area contributed by atoms with E-state index in [0.717, 1.165) is 22.1 Å². The van der Waals surface area contributed by atoms with Gasteiger partial charge in [0.15, 0.2) is 17.3 Å². The minimum Gasteiger partial charge on any atom is -0.486 e. The molecule has 0 bridgehead atoms. The summed E-state index contributed by atoms with van der Waals surface area (Å²) in [6.07, 6.45) is 0. The third kappa shape index (κ3) is 4.23. The van der Waals surface area contributed by atoms with Gasteiger partial charge >= 0.3 is 0 Å². The summed E-state index contributed by atoms with van der Waals surface area (Å²) in [5.74, 6) is 3.66. The third-order valence-electron chi connectivity index (χ3n) is 5.60. The molecule has 8 nitrogen and oxygen atoms in total. The summed E-state index contributed by atoms with van der Waals surface area (Å²) in [7, 11) is 0. The Hall–Kier alpha value is -4.90. The van der Waals surface area contributed by atoms with Crippen molar-refractivity contribution in [2.24, 2.45) is 0 Å². The van der Waals surface area contributed by atoms with Gasteiger partial charge in [-0.2, -0.15) is 10.2 Å². The van der Waals surface area contributed by atoms with E-state index in [-0.39, 0.29) is 30.9 Å². The number of rotatable bonds is 7. The van der Waals surface area contributed by atoms with Crippen LogP contribution in [0.15, 0.2) is 81.6 Å². The number of aromatic nitrogens is 1. The summed E-state index contributed by atoms with van der Waals surface area (Å²) >= 11 is 0. The number of hydrogen-bond acceptors (Lipinski definition) is 8. The zero-order valence-electron chi connectivity index (χ0n) is 18.5. The largest absolute Gasteiger partial charge is 0.486 e. The van der Waals surface area contributed by atoms with Crippen LogP contribution in [0.2, 0.25) is 0 Å². The molecule has 3 heterocycles. The van der Waals surface area contributed by atoms with Gasteiger partial charge in [0.05, 0.1) is 0 Å². The summed E-state index contributed by atoms with van der Waals surface area (Å²) in [5, 5.41) is 14.9. The second-order valence-electron chi connectivity index (χ2n) is 7.91. The van der Waals surface area contributed by atoms with Crippen LogP contribution in [-0.4, -0.2) is 11.8 Å². The first-order valence-electron chi connectivity index (χ1n) is 11.0. The Kier molecular flexibility index (Phi) is 5.20. The summed E-state index contributed by atoms with van der Waals surface area (Å²) < 4.78 is 28.3. The fourth-order valence-corrected chi connectivity index (χ4v) is 3.84. The lowest BCUT2D eigenvalue weighted by Gasteiger charge is -2.05. The van der Waals surface area contributed by atoms with Crippen LogP contribution < -0.4 is 19.5 Å². The third-order valence-corrected chi connectivity index (χ3v) is 5.60. The highest BCUT2D eigenvalue weighted by atomic mass is 16.7. The van der Waals surface area contributed by atoms with Crippen molar-refractivity contribution in [2.45, 2.75) is 13.2 Å². The number of furan rings is 1. The first kappa shape index (κ1) is 20.7. The monoisotopic (exact) mass is 465 g/mol. The molecule has 172 valence electrons. The van der Waals surface area contributed by atoms with Crippen molar-refractivity contribution in [1.82, 2.24) is 4.98 Å². The molecule has 0 saturated carbocycles. The van der Waals surface area contributed by atoms with Crippen molar-refractivity contribution < 1.29 is 23.0 Å². The van der Waals surface area contributed by atoms with E-state index in [0.29, 0.717) is 29.6 Å². The van der Waals surface area contributed by atoms with Gasteiger partial charge in [-0.3, -0.25) is 0 Å². The molecule has 2 aromatic heterocycles. The average Bonchev–Trinajstić information content (AvgIpc) is 3.65. The van der Waals surface area contributed by atoms with E-state index < -0.39 is 0 Å². The number of nitriles is 1. The van der Waals surface area contributed by atoms with Crippen LogP contribution in [0.5, 0.6) is 17.2 Å². The lowest BCUT2D eigenvalue weighted by Crippen LogP contribution is -1.99. The molecule has 0 radical (unpaired) electrons. The van der Waals surface area contributed by atoms with Crippen molar-refractivity contribution in [3.05, 3.63) is 89.8 Å². The molecular formula is C27H19N3O5. The van der Waals surface area contributed by atoms with Gasteiger partial charge in [-0.25, -0.2) is 0 Å². The van der Waals surface area contributed by atoms with Crippen molar-refractivity contribution in [3.63, 3.8) is 0 Å². The Labute approximate surface area is 200 Å². The summed E-state index contributed by atoms with van der Waals surface area (Å²) in [5.41, 5.74) is 1.09. The fraction of sp³-hybridized carbons (Fsp3) is 0.111. The molecule has 5 aromatic rings. The molecule has 0 atom stereocenters. The first-order valence-corrected chi connectivity index (χ1v) is 11.0. The Bertz CT molecular complexity index is 1560. The number of ether oxygens (including phenoxy) is 3. The average molecular weight is 465 g/mol. The van der Waals surface area contributed by atoms with Crippen LogP contribution in [-0.2, 0) is 13.2 Å². The summed E-state index contributed by atoms with van der Waals surface area (Å²) in [6, 6.07) is 25.3. The molecule has 0 aliphatic carbocycles. The SMILES string of the molecule is N#Cc1nc(-c2ccc(COc3ccc4ccccc4c3)o2)oc1NCc1ccc2c(c1)OCO2. The van der Waals surface area contributed by atoms with Gasteiger partial charge in [0.25, 0.3) is 5.89 Å². The number of nitrogens with one attached hydrogen (secondary N) is 1. The lowest BCUT2D eigenvalue weighted by atomic mass is 10.1. The van der Waals surface area contributed by atoms with Gasteiger partial charge in [0, 0.05) is 6.54 Å². The summed E-state index contributed by atoms with van der Waals surface area (Å²) in [6.45, 7) is 0.886. The van der Waals surface area contributed by atoms with Crippen LogP contribution in [0, 0.1) is 11.3 Å². The zero-order valence-corrected chi connectivity index (χ0v) is 18.5. The molecule has 6 rings (SSSR count). The molecule has 8 heteroatoms. The Morgan fingerprint density at radius 3 is 2.71 bits per heavy atom. The normalized spacial score (nSPS) is 12.0. The molecule has 0 spiro atoms. The molecule has 0 fully saturated rings. The minimum atomic E-state index is 0.145. The topological polar surface area (TPSA) is 103 Å². The second-order valence-corrected chi connectivity index (χ2v) is 7.91. The van der Waals surface area contributed by atoms with Gasteiger partial charge in [0.2, 0.25) is 18.4 Å².